The summed E-state index contributed by atoms with van der Waals surface area (Å²) < 4.78 is 64.4. The Kier molecular flexibility index (Phi) is 5.16. The fourth-order valence-corrected chi connectivity index (χ4v) is 3.80. The lowest BCUT2D eigenvalue weighted by atomic mass is 9.83. The molecule has 1 amide bonds. The number of carbonyl (C=O) groups is 1. The van der Waals surface area contributed by atoms with Gasteiger partial charge in [0.15, 0.2) is 11.6 Å². The fraction of sp³-hybridized carbons (Fsp3) is 0.278. The van der Waals surface area contributed by atoms with Crippen LogP contribution in [-0.4, -0.2) is 34.8 Å². The van der Waals surface area contributed by atoms with Gasteiger partial charge < -0.3 is 14.8 Å². The van der Waals surface area contributed by atoms with Crippen molar-refractivity contribution in [2.45, 2.75) is 12.3 Å². The Bertz CT molecular complexity index is 1060. The molecular weight excluding hydrogens is 394 g/mol. The van der Waals surface area contributed by atoms with E-state index in [9.17, 15) is 22.0 Å². The number of anilines is 2. The van der Waals surface area contributed by atoms with Crippen LogP contribution in [-0.2, 0) is 14.8 Å². The first-order valence-electron chi connectivity index (χ1n) is 8.16. The monoisotopic (exact) mass is 412 g/mol. The number of methoxy groups -OCH3 is 2. The maximum atomic E-state index is 14.6. The zero-order valence-corrected chi connectivity index (χ0v) is 16.1. The summed E-state index contributed by atoms with van der Waals surface area (Å²) in [6.07, 6.45) is 0.825. The zero-order valence-electron chi connectivity index (χ0n) is 15.3. The van der Waals surface area contributed by atoms with E-state index >= 15 is 0 Å². The quantitative estimate of drug-likeness (QED) is 0.788. The number of carbonyl (C=O) groups excluding carboxylic acids is 1. The molecule has 10 heteroatoms. The highest BCUT2D eigenvalue weighted by Gasteiger charge is 2.33. The van der Waals surface area contributed by atoms with Crippen molar-refractivity contribution >= 4 is 27.3 Å². The zero-order chi connectivity index (χ0) is 20.6. The van der Waals surface area contributed by atoms with Gasteiger partial charge in [-0.1, -0.05) is 0 Å². The van der Waals surface area contributed by atoms with E-state index in [0.717, 1.165) is 12.3 Å². The molecule has 2 aromatic rings. The van der Waals surface area contributed by atoms with Crippen molar-refractivity contribution in [3.63, 3.8) is 0 Å². The number of nitrogens with one attached hydrogen (secondary N) is 2. The normalized spacial score (nSPS) is 16.2. The van der Waals surface area contributed by atoms with Gasteiger partial charge in [0.1, 0.15) is 11.5 Å². The van der Waals surface area contributed by atoms with Crippen LogP contribution in [0, 0.1) is 11.6 Å². The Morgan fingerprint density at radius 2 is 1.82 bits per heavy atom. The van der Waals surface area contributed by atoms with Crippen LogP contribution < -0.4 is 19.5 Å². The van der Waals surface area contributed by atoms with Crippen molar-refractivity contribution in [1.82, 2.24) is 0 Å². The van der Waals surface area contributed by atoms with Crippen LogP contribution in [0.25, 0.3) is 0 Å². The highest BCUT2D eigenvalue weighted by molar-refractivity contribution is 7.92. The van der Waals surface area contributed by atoms with E-state index in [1.54, 1.807) is 0 Å². The van der Waals surface area contributed by atoms with Crippen LogP contribution in [0.4, 0.5) is 20.2 Å². The number of ether oxygens (including phenoxy) is 2. The molecule has 2 aromatic carbocycles. The number of sulfonamides is 1. The van der Waals surface area contributed by atoms with Gasteiger partial charge in [0.2, 0.25) is 15.9 Å². The highest BCUT2D eigenvalue weighted by atomic mass is 32.2. The third-order valence-electron chi connectivity index (χ3n) is 4.37. The predicted octanol–water partition coefficient (Wildman–Crippen LogP) is 2.83. The molecule has 1 unspecified atom stereocenters. The number of rotatable bonds is 5. The first-order chi connectivity index (χ1) is 13.1. The Morgan fingerprint density at radius 1 is 1.14 bits per heavy atom. The largest absolute Gasteiger partial charge is 0.496 e. The smallest absolute Gasteiger partial charge is 0.229 e. The summed E-state index contributed by atoms with van der Waals surface area (Å²) in [5.74, 6) is -3.19. The summed E-state index contributed by atoms with van der Waals surface area (Å²) in [5.41, 5.74) is 0.720. The molecule has 0 saturated heterocycles. The summed E-state index contributed by atoms with van der Waals surface area (Å²) in [6.45, 7) is 0. The summed E-state index contributed by atoms with van der Waals surface area (Å²) >= 11 is 0. The summed E-state index contributed by atoms with van der Waals surface area (Å²) in [5, 5.41) is 2.62. The van der Waals surface area contributed by atoms with Crippen LogP contribution in [0.1, 0.15) is 23.5 Å². The number of halogens is 2. The molecule has 1 aliphatic heterocycles. The van der Waals surface area contributed by atoms with Crippen molar-refractivity contribution in [3.8, 4) is 11.5 Å². The number of hydrogen-bond donors (Lipinski definition) is 2. The molecule has 2 N–H and O–H groups in total. The lowest BCUT2D eigenvalue weighted by Gasteiger charge is -2.28. The van der Waals surface area contributed by atoms with Gasteiger partial charge in [0.25, 0.3) is 0 Å². The molecule has 0 aromatic heterocycles. The molecule has 0 saturated carbocycles. The molecule has 1 heterocycles. The van der Waals surface area contributed by atoms with E-state index < -0.39 is 33.5 Å². The lowest BCUT2D eigenvalue weighted by Crippen LogP contribution is -2.25. The van der Waals surface area contributed by atoms with E-state index in [4.69, 9.17) is 9.47 Å². The maximum absolute atomic E-state index is 14.6. The molecule has 1 aliphatic rings. The molecule has 0 spiro atoms. The molecule has 1 atom stereocenters. The van der Waals surface area contributed by atoms with Gasteiger partial charge in [0.05, 0.1) is 26.2 Å². The summed E-state index contributed by atoms with van der Waals surface area (Å²) in [7, 11) is -0.949. The number of benzene rings is 2. The molecule has 150 valence electrons. The van der Waals surface area contributed by atoms with Crippen molar-refractivity contribution in [2.75, 3.05) is 30.5 Å². The molecule has 0 aliphatic carbocycles. The second kappa shape index (κ2) is 7.27. The minimum atomic E-state index is -3.61. The van der Waals surface area contributed by atoms with Crippen molar-refractivity contribution in [1.29, 1.82) is 0 Å². The van der Waals surface area contributed by atoms with Crippen LogP contribution in [0.2, 0.25) is 0 Å². The van der Waals surface area contributed by atoms with Gasteiger partial charge in [-0.2, -0.15) is 0 Å². The van der Waals surface area contributed by atoms with Gasteiger partial charge in [-0.05, 0) is 29.8 Å². The van der Waals surface area contributed by atoms with Gasteiger partial charge in [-0.15, -0.1) is 0 Å². The first-order valence-corrected chi connectivity index (χ1v) is 10.0. The van der Waals surface area contributed by atoms with E-state index in [1.165, 1.54) is 32.4 Å². The van der Waals surface area contributed by atoms with Crippen molar-refractivity contribution in [3.05, 3.63) is 47.0 Å². The van der Waals surface area contributed by atoms with Crippen molar-refractivity contribution < 1.29 is 31.5 Å². The molecule has 7 nitrogen and oxygen atoms in total. The SMILES string of the molecule is COc1cc2c(cc1NS(C)(=O)=O)NC(=O)CC2c1c(OC)ccc(F)c1F. The first kappa shape index (κ1) is 19.9. The predicted molar refractivity (Wildman–Crippen MR) is 99.5 cm³/mol. The van der Waals surface area contributed by atoms with Crippen molar-refractivity contribution in [2.24, 2.45) is 0 Å². The van der Waals surface area contributed by atoms with Crippen LogP contribution in [0.15, 0.2) is 24.3 Å². The number of amides is 1. The van der Waals surface area contributed by atoms with Gasteiger partial charge in [0, 0.05) is 23.6 Å². The molecule has 0 radical (unpaired) electrons. The minimum Gasteiger partial charge on any atom is -0.496 e. The second-order valence-corrected chi connectivity index (χ2v) is 8.04. The standard InChI is InChI=1S/C18H18F2N2O5S/c1-26-14-5-4-11(19)18(20)17(14)10-7-16(23)21-12-8-13(22-28(3,24)25)15(27-2)6-9(10)12/h4-6,8,10,22H,7H2,1-3H3,(H,21,23). The number of hydrogen-bond acceptors (Lipinski definition) is 5. The molecule has 28 heavy (non-hydrogen) atoms. The molecular formula is C18H18F2N2O5S. The average Bonchev–Trinajstić information content (AvgIpc) is 2.61. The van der Waals surface area contributed by atoms with Gasteiger partial charge >= 0.3 is 0 Å². The van der Waals surface area contributed by atoms with Crippen LogP contribution in [0.5, 0.6) is 11.5 Å². The molecule has 3 rings (SSSR count). The van der Waals surface area contributed by atoms with Gasteiger partial charge in [-0.3, -0.25) is 9.52 Å². The Morgan fingerprint density at radius 3 is 2.43 bits per heavy atom. The average molecular weight is 412 g/mol. The Labute approximate surface area is 160 Å². The summed E-state index contributed by atoms with van der Waals surface area (Å²) in [6, 6.07) is 5.09. The highest BCUT2D eigenvalue weighted by Crippen LogP contribution is 2.45. The maximum Gasteiger partial charge on any atom is 0.229 e. The lowest BCUT2D eigenvalue weighted by molar-refractivity contribution is -0.116. The van der Waals surface area contributed by atoms with Crippen LogP contribution in [0.3, 0.4) is 0 Å². The van der Waals surface area contributed by atoms with E-state index in [2.05, 4.69) is 10.0 Å². The third kappa shape index (κ3) is 3.72. The topological polar surface area (TPSA) is 93.7 Å². The Balaban J connectivity index is 2.22. The summed E-state index contributed by atoms with van der Waals surface area (Å²) in [4.78, 5) is 12.2. The van der Waals surface area contributed by atoms with E-state index in [0.29, 0.717) is 5.56 Å². The van der Waals surface area contributed by atoms with E-state index in [-0.39, 0.29) is 34.9 Å². The van der Waals surface area contributed by atoms with Gasteiger partial charge in [-0.25, -0.2) is 17.2 Å². The third-order valence-corrected chi connectivity index (χ3v) is 4.96. The van der Waals surface area contributed by atoms with Crippen LogP contribution >= 0.6 is 0 Å². The number of fused-ring (bicyclic) bond motifs is 1. The fourth-order valence-electron chi connectivity index (χ4n) is 3.25. The second-order valence-electron chi connectivity index (χ2n) is 6.30. The minimum absolute atomic E-state index is 0.0931. The molecule has 0 fully saturated rings. The van der Waals surface area contributed by atoms with E-state index in [1.807, 2.05) is 0 Å². The Hall–Kier alpha value is -2.88. The molecule has 0 bridgehead atoms.